The Bertz CT molecular complexity index is 435. The molecule has 1 aromatic heterocycles. The van der Waals surface area contributed by atoms with Crippen LogP contribution in [0.3, 0.4) is 0 Å². The van der Waals surface area contributed by atoms with Crippen molar-refractivity contribution >= 4 is 11.6 Å². The molecule has 1 fully saturated rings. The van der Waals surface area contributed by atoms with Gasteiger partial charge < -0.3 is 15.5 Å². The Balaban J connectivity index is 2.17. The highest BCUT2D eigenvalue weighted by Crippen LogP contribution is 2.13. The van der Waals surface area contributed by atoms with Crippen molar-refractivity contribution in [3.05, 3.63) is 24.0 Å². The number of carbonyl (C=O) groups is 1. The van der Waals surface area contributed by atoms with Crippen molar-refractivity contribution in [3.63, 3.8) is 0 Å². The molecule has 2 heterocycles. The van der Waals surface area contributed by atoms with Crippen molar-refractivity contribution in [3.8, 4) is 0 Å². The minimum absolute atomic E-state index is 0.0231. The Hall–Kier alpha value is -1.62. The normalized spacial score (nSPS) is 21.7. The van der Waals surface area contributed by atoms with Gasteiger partial charge in [-0.05, 0) is 39.1 Å². The number of pyridine rings is 1. The number of nitrogens with two attached hydrogens (primary N) is 1. The van der Waals surface area contributed by atoms with Crippen LogP contribution in [0.25, 0.3) is 0 Å². The Morgan fingerprint density at radius 1 is 1.50 bits per heavy atom. The number of nitrogen functional groups attached to an aromatic ring is 1. The van der Waals surface area contributed by atoms with Crippen LogP contribution < -0.4 is 5.73 Å². The lowest BCUT2D eigenvalue weighted by Crippen LogP contribution is -2.42. The van der Waals surface area contributed by atoms with E-state index in [0.29, 0.717) is 11.4 Å². The molecular formula is C13H20N4O. The summed E-state index contributed by atoms with van der Waals surface area (Å²) in [5, 5.41) is 0. The first-order chi connectivity index (χ1) is 8.58. The van der Waals surface area contributed by atoms with Crippen LogP contribution in [0.2, 0.25) is 0 Å². The quantitative estimate of drug-likeness (QED) is 0.799. The summed E-state index contributed by atoms with van der Waals surface area (Å²) in [6.45, 7) is 4.78. The van der Waals surface area contributed by atoms with Crippen LogP contribution in [0.1, 0.15) is 23.8 Å². The molecule has 2 rings (SSSR count). The van der Waals surface area contributed by atoms with Gasteiger partial charge in [0.25, 0.3) is 5.91 Å². The summed E-state index contributed by atoms with van der Waals surface area (Å²) in [4.78, 5) is 20.7. The van der Waals surface area contributed by atoms with Gasteiger partial charge in [0.1, 0.15) is 5.69 Å². The number of hydrogen-bond acceptors (Lipinski definition) is 4. The highest BCUT2D eigenvalue weighted by Gasteiger charge is 2.25. The minimum Gasteiger partial charge on any atom is -0.399 e. The van der Waals surface area contributed by atoms with Crippen LogP contribution in [0.5, 0.6) is 0 Å². The van der Waals surface area contributed by atoms with Crippen LogP contribution in [0.4, 0.5) is 5.69 Å². The smallest absolute Gasteiger partial charge is 0.272 e. The molecule has 98 valence electrons. The van der Waals surface area contributed by atoms with Crippen molar-refractivity contribution in [1.29, 1.82) is 0 Å². The van der Waals surface area contributed by atoms with E-state index in [-0.39, 0.29) is 11.9 Å². The molecule has 0 saturated carbocycles. The van der Waals surface area contributed by atoms with E-state index in [1.807, 2.05) is 4.90 Å². The van der Waals surface area contributed by atoms with E-state index in [1.165, 1.54) is 0 Å². The third kappa shape index (κ3) is 2.79. The standard InChI is InChI=1S/C13H20N4O/c1-10-9-16(2)6-3-7-17(10)13(18)12-8-11(14)4-5-15-12/h4-5,8,10H,3,6-7,9H2,1-2H3,(H2,14,15). The predicted octanol–water partition coefficient (Wildman–Crippen LogP) is 0.830. The molecule has 1 aromatic rings. The Kier molecular flexibility index (Phi) is 3.81. The number of nitrogens with zero attached hydrogens (tertiary/aromatic N) is 3. The number of aromatic nitrogens is 1. The number of rotatable bonds is 1. The molecule has 1 aliphatic heterocycles. The summed E-state index contributed by atoms with van der Waals surface area (Å²) in [5.41, 5.74) is 6.71. The topological polar surface area (TPSA) is 62.5 Å². The predicted molar refractivity (Wildman–Crippen MR) is 71.3 cm³/mol. The second-order valence-electron chi connectivity index (χ2n) is 4.94. The second kappa shape index (κ2) is 5.35. The molecule has 1 unspecified atom stereocenters. The maximum absolute atomic E-state index is 12.4. The van der Waals surface area contributed by atoms with Gasteiger partial charge in [0.2, 0.25) is 0 Å². The van der Waals surface area contributed by atoms with E-state index in [4.69, 9.17) is 5.73 Å². The SMILES string of the molecule is CC1CN(C)CCCN1C(=O)c1cc(N)ccn1. The zero-order valence-electron chi connectivity index (χ0n) is 11.0. The molecule has 1 atom stereocenters. The fourth-order valence-corrected chi connectivity index (χ4v) is 2.38. The van der Waals surface area contributed by atoms with E-state index in [9.17, 15) is 4.79 Å². The van der Waals surface area contributed by atoms with Crippen molar-refractivity contribution in [2.75, 3.05) is 32.4 Å². The molecule has 18 heavy (non-hydrogen) atoms. The van der Waals surface area contributed by atoms with Gasteiger partial charge in [-0.1, -0.05) is 0 Å². The Morgan fingerprint density at radius 2 is 2.28 bits per heavy atom. The fraction of sp³-hybridized carbons (Fsp3) is 0.538. The van der Waals surface area contributed by atoms with Crippen LogP contribution >= 0.6 is 0 Å². The third-order valence-corrected chi connectivity index (χ3v) is 3.31. The number of anilines is 1. The van der Waals surface area contributed by atoms with Gasteiger partial charge in [-0.15, -0.1) is 0 Å². The van der Waals surface area contributed by atoms with Gasteiger partial charge in [0, 0.05) is 31.0 Å². The van der Waals surface area contributed by atoms with Gasteiger partial charge in [-0.3, -0.25) is 9.78 Å². The molecule has 0 spiro atoms. The van der Waals surface area contributed by atoms with Gasteiger partial charge in [0.15, 0.2) is 0 Å². The first-order valence-electron chi connectivity index (χ1n) is 6.29. The molecule has 5 heteroatoms. The average Bonchev–Trinajstić information content (AvgIpc) is 2.49. The van der Waals surface area contributed by atoms with Gasteiger partial charge in [-0.25, -0.2) is 0 Å². The largest absolute Gasteiger partial charge is 0.399 e. The van der Waals surface area contributed by atoms with Crippen molar-refractivity contribution in [2.24, 2.45) is 0 Å². The summed E-state index contributed by atoms with van der Waals surface area (Å²) in [7, 11) is 2.09. The van der Waals surface area contributed by atoms with Crippen LogP contribution in [-0.4, -0.2) is 53.4 Å². The molecule has 1 aliphatic rings. The monoisotopic (exact) mass is 248 g/mol. The van der Waals surface area contributed by atoms with Crippen molar-refractivity contribution in [1.82, 2.24) is 14.8 Å². The van der Waals surface area contributed by atoms with E-state index >= 15 is 0 Å². The molecule has 0 bridgehead atoms. The van der Waals surface area contributed by atoms with Crippen LogP contribution in [-0.2, 0) is 0 Å². The van der Waals surface area contributed by atoms with E-state index in [2.05, 4.69) is 23.9 Å². The lowest BCUT2D eigenvalue weighted by Gasteiger charge is -2.27. The average molecular weight is 248 g/mol. The van der Waals surface area contributed by atoms with Gasteiger partial charge in [-0.2, -0.15) is 0 Å². The molecular weight excluding hydrogens is 228 g/mol. The number of carbonyl (C=O) groups excluding carboxylic acids is 1. The lowest BCUT2D eigenvalue weighted by molar-refractivity contribution is 0.0690. The van der Waals surface area contributed by atoms with E-state index in [0.717, 1.165) is 26.1 Å². The highest BCUT2D eigenvalue weighted by molar-refractivity contribution is 5.93. The summed E-state index contributed by atoms with van der Waals surface area (Å²) < 4.78 is 0. The minimum atomic E-state index is -0.0231. The zero-order valence-corrected chi connectivity index (χ0v) is 11.0. The molecule has 5 nitrogen and oxygen atoms in total. The van der Waals surface area contributed by atoms with E-state index in [1.54, 1.807) is 18.3 Å². The van der Waals surface area contributed by atoms with E-state index < -0.39 is 0 Å². The first kappa shape index (κ1) is 12.8. The fourth-order valence-electron chi connectivity index (χ4n) is 2.38. The van der Waals surface area contributed by atoms with Gasteiger partial charge >= 0.3 is 0 Å². The summed E-state index contributed by atoms with van der Waals surface area (Å²) in [6, 6.07) is 3.54. The highest BCUT2D eigenvalue weighted by atomic mass is 16.2. The van der Waals surface area contributed by atoms with Crippen molar-refractivity contribution in [2.45, 2.75) is 19.4 Å². The molecule has 1 saturated heterocycles. The number of amides is 1. The molecule has 2 N–H and O–H groups in total. The summed E-state index contributed by atoms with van der Waals surface area (Å²) >= 11 is 0. The Morgan fingerprint density at radius 3 is 3.00 bits per heavy atom. The molecule has 0 aliphatic carbocycles. The summed E-state index contributed by atoms with van der Waals surface area (Å²) in [6.07, 6.45) is 2.58. The van der Waals surface area contributed by atoms with Gasteiger partial charge in [0.05, 0.1) is 0 Å². The first-order valence-corrected chi connectivity index (χ1v) is 6.29. The molecule has 0 aromatic carbocycles. The molecule has 0 radical (unpaired) electrons. The van der Waals surface area contributed by atoms with Crippen molar-refractivity contribution < 1.29 is 4.79 Å². The number of hydrogen-bond donors (Lipinski definition) is 1. The number of likely N-dealkylation sites (N-methyl/N-ethyl adjacent to an activating group) is 1. The summed E-state index contributed by atoms with van der Waals surface area (Å²) in [5.74, 6) is -0.0231. The zero-order chi connectivity index (χ0) is 13.1. The lowest BCUT2D eigenvalue weighted by atomic mass is 10.2. The maximum Gasteiger partial charge on any atom is 0.272 e. The van der Waals surface area contributed by atoms with Crippen LogP contribution in [0, 0.1) is 0 Å². The molecule has 1 amide bonds. The maximum atomic E-state index is 12.4. The van der Waals surface area contributed by atoms with Crippen LogP contribution in [0.15, 0.2) is 18.3 Å². The third-order valence-electron chi connectivity index (χ3n) is 3.31. The Labute approximate surface area is 108 Å². The second-order valence-corrected chi connectivity index (χ2v) is 4.94.